The van der Waals surface area contributed by atoms with Crippen molar-refractivity contribution in [2.24, 2.45) is 5.73 Å². The van der Waals surface area contributed by atoms with E-state index in [1.807, 2.05) is 0 Å². The molecule has 102 valence electrons. The Kier molecular flexibility index (Phi) is 5.63. The van der Waals surface area contributed by atoms with Crippen molar-refractivity contribution in [3.05, 3.63) is 29.3 Å². The van der Waals surface area contributed by atoms with Crippen LogP contribution in [0.4, 0.5) is 18.9 Å². The molecule has 18 heavy (non-hydrogen) atoms. The lowest BCUT2D eigenvalue weighted by molar-refractivity contribution is -0.138. The van der Waals surface area contributed by atoms with Crippen molar-refractivity contribution in [1.29, 1.82) is 0 Å². The second kappa shape index (κ2) is 6.06. The molecule has 1 aromatic rings. The Morgan fingerprint density at radius 2 is 1.94 bits per heavy atom. The largest absolute Gasteiger partial charge is 0.416 e. The number of halogens is 4. The van der Waals surface area contributed by atoms with Gasteiger partial charge in [-0.3, -0.25) is 4.79 Å². The molecule has 7 heteroatoms. The summed E-state index contributed by atoms with van der Waals surface area (Å²) in [6.45, 7) is 2.76. The molecule has 1 atom stereocenters. The second-order valence-electron chi connectivity index (χ2n) is 3.75. The monoisotopic (exact) mass is 282 g/mol. The zero-order chi connectivity index (χ0) is 13.2. The molecule has 0 aliphatic rings. The zero-order valence-corrected chi connectivity index (χ0v) is 10.7. The van der Waals surface area contributed by atoms with Gasteiger partial charge < -0.3 is 11.1 Å². The lowest BCUT2D eigenvalue weighted by Crippen LogP contribution is -2.32. The Morgan fingerprint density at radius 1 is 1.39 bits per heavy atom. The minimum Gasteiger partial charge on any atom is -0.324 e. The van der Waals surface area contributed by atoms with E-state index in [4.69, 9.17) is 5.73 Å². The molecule has 1 amide bonds. The first-order chi connectivity index (χ1) is 7.73. The molecule has 0 aliphatic heterocycles. The highest BCUT2D eigenvalue weighted by Crippen LogP contribution is 2.34. The lowest BCUT2D eigenvalue weighted by atomic mass is 10.1. The molecule has 0 aromatic heterocycles. The summed E-state index contributed by atoms with van der Waals surface area (Å²) in [7, 11) is 0. The van der Waals surface area contributed by atoms with E-state index >= 15 is 0 Å². The van der Waals surface area contributed by atoms with Gasteiger partial charge in [-0.2, -0.15) is 13.2 Å². The molecule has 1 rings (SSSR count). The van der Waals surface area contributed by atoms with Crippen LogP contribution in [-0.4, -0.2) is 11.9 Å². The maximum Gasteiger partial charge on any atom is 0.416 e. The summed E-state index contributed by atoms with van der Waals surface area (Å²) in [4.78, 5) is 11.3. The summed E-state index contributed by atoms with van der Waals surface area (Å²) in [5.41, 5.74) is 4.67. The van der Waals surface area contributed by atoms with Crippen molar-refractivity contribution in [2.45, 2.75) is 26.1 Å². The predicted octanol–water partition coefficient (Wildman–Crippen LogP) is 2.72. The first-order valence-electron chi connectivity index (χ1n) is 4.96. The van der Waals surface area contributed by atoms with Crippen LogP contribution in [0.15, 0.2) is 18.2 Å². The Labute approximate surface area is 109 Å². The van der Waals surface area contributed by atoms with E-state index in [1.165, 1.54) is 26.0 Å². The van der Waals surface area contributed by atoms with E-state index in [0.29, 0.717) is 0 Å². The second-order valence-corrected chi connectivity index (χ2v) is 3.75. The number of nitrogens with one attached hydrogen (secondary N) is 1. The van der Waals surface area contributed by atoms with Gasteiger partial charge in [0.1, 0.15) is 0 Å². The van der Waals surface area contributed by atoms with Gasteiger partial charge in [0.15, 0.2) is 0 Å². The summed E-state index contributed by atoms with van der Waals surface area (Å²) in [5, 5.41) is 2.36. The normalized spacial score (nSPS) is 12.6. The van der Waals surface area contributed by atoms with Gasteiger partial charge in [-0.05, 0) is 31.5 Å². The molecule has 0 fully saturated rings. The first-order valence-corrected chi connectivity index (χ1v) is 4.96. The van der Waals surface area contributed by atoms with Crippen molar-refractivity contribution in [2.75, 3.05) is 5.32 Å². The van der Waals surface area contributed by atoms with Crippen molar-refractivity contribution in [3.8, 4) is 0 Å². The van der Waals surface area contributed by atoms with Gasteiger partial charge in [-0.25, -0.2) is 0 Å². The van der Waals surface area contributed by atoms with Crippen LogP contribution in [0.5, 0.6) is 0 Å². The number of alkyl halides is 3. The summed E-state index contributed by atoms with van der Waals surface area (Å²) >= 11 is 0. The molecular formula is C11H14ClF3N2O. The van der Waals surface area contributed by atoms with Crippen LogP contribution in [-0.2, 0) is 11.0 Å². The smallest absolute Gasteiger partial charge is 0.324 e. The van der Waals surface area contributed by atoms with Crippen molar-refractivity contribution >= 4 is 24.0 Å². The number of hydrogen-bond acceptors (Lipinski definition) is 2. The summed E-state index contributed by atoms with van der Waals surface area (Å²) in [6, 6.07) is 2.85. The third-order valence-electron chi connectivity index (χ3n) is 2.31. The molecule has 0 saturated carbocycles. The van der Waals surface area contributed by atoms with Crippen LogP contribution >= 0.6 is 12.4 Å². The van der Waals surface area contributed by atoms with Crippen LogP contribution in [0.1, 0.15) is 18.1 Å². The van der Waals surface area contributed by atoms with Gasteiger partial charge in [-0.1, -0.05) is 6.07 Å². The quantitative estimate of drug-likeness (QED) is 0.876. The number of amides is 1. The highest BCUT2D eigenvalue weighted by molar-refractivity contribution is 5.95. The Hall–Kier alpha value is -1.27. The van der Waals surface area contributed by atoms with Gasteiger partial charge >= 0.3 is 6.18 Å². The molecule has 0 aliphatic carbocycles. The number of nitrogens with two attached hydrogens (primary N) is 1. The standard InChI is InChI=1S/C11H13F3N2O.ClH/c1-6-8(11(12,13)14)4-3-5-9(6)16-10(17)7(2)15;/h3-5,7H,15H2,1-2H3,(H,16,17);1H/t7-;/m1./s1. The molecule has 1 aromatic carbocycles. The number of hydrogen-bond donors (Lipinski definition) is 2. The van der Waals surface area contributed by atoms with Crippen LogP contribution in [0, 0.1) is 6.92 Å². The fourth-order valence-electron chi connectivity index (χ4n) is 1.32. The number of carbonyl (C=O) groups excluding carboxylic acids is 1. The average molecular weight is 283 g/mol. The minimum absolute atomic E-state index is 0. The third-order valence-corrected chi connectivity index (χ3v) is 2.31. The van der Waals surface area contributed by atoms with Gasteiger partial charge in [0, 0.05) is 5.69 Å². The lowest BCUT2D eigenvalue weighted by Gasteiger charge is -2.15. The van der Waals surface area contributed by atoms with Gasteiger partial charge in [0.2, 0.25) is 5.91 Å². The molecule has 3 N–H and O–H groups in total. The highest BCUT2D eigenvalue weighted by atomic mass is 35.5. The van der Waals surface area contributed by atoms with E-state index in [-0.39, 0.29) is 23.7 Å². The Bertz CT molecular complexity index is 433. The molecule has 0 unspecified atom stereocenters. The van der Waals surface area contributed by atoms with E-state index in [9.17, 15) is 18.0 Å². The third kappa shape index (κ3) is 3.89. The Morgan fingerprint density at radius 3 is 2.39 bits per heavy atom. The van der Waals surface area contributed by atoms with Crippen molar-refractivity contribution < 1.29 is 18.0 Å². The Balaban J connectivity index is 0.00000289. The van der Waals surface area contributed by atoms with Crippen LogP contribution in [0.25, 0.3) is 0 Å². The van der Waals surface area contributed by atoms with Gasteiger partial charge in [0.05, 0.1) is 11.6 Å². The minimum atomic E-state index is -4.43. The number of rotatable bonds is 2. The first kappa shape index (κ1) is 16.7. The number of benzene rings is 1. The zero-order valence-electron chi connectivity index (χ0n) is 9.84. The average Bonchev–Trinajstić information content (AvgIpc) is 2.19. The molecule has 0 bridgehead atoms. The molecule has 0 saturated heterocycles. The maximum atomic E-state index is 12.6. The molecular weight excluding hydrogens is 269 g/mol. The van der Waals surface area contributed by atoms with E-state index in [1.54, 1.807) is 0 Å². The fourth-order valence-corrected chi connectivity index (χ4v) is 1.32. The summed E-state index contributed by atoms with van der Waals surface area (Å²) in [5.74, 6) is -0.521. The molecule has 0 spiro atoms. The predicted molar refractivity (Wildman–Crippen MR) is 65.7 cm³/mol. The van der Waals surface area contributed by atoms with Crippen LogP contribution in [0.3, 0.4) is 0 Å². The van der Waals surface area contributed by atoms with Crippen molar-refractivity contribution in [3.63, 3.8) is 0 Å². The fraction of sp³-hybridized carbons (Fsp3) is 0.364. The van der Waals surface area contributed by atoms with E-state index in [2.05, 4.69) is 5.32 Å². The van der Waals surface area contributed by atoms with E-state index < -0.39 is 23.7 Å². The number of anilines is 1. The van der Waals surface area contributed by atoms with Crippen molar-refractivity contribution in [1.82, 2.24) is 0 Å². The molecule has 0 radical (unpaired) electrons. The number of carbonyl (C=O) groups is 1. The van der Waals surface area contributed by atoms with Crippen LogP contribution in [0.2, 0.25) is 0 Å². The van der Waals surface area contributed by atoms with E-state index in [0.717, 1.165) is 6.07 Å². The molecule has 0 heterocycles. The van der Waals surface area contributed by atoms with Crippen LogP contribution < -0.4 is 11.1 Å². The topological polar surface area (TPSA) is 55.1 Å². The van der Waals surface area contributed by atoms with Gasteiger partial charge in [-0.15, -0.1) is 12.4 Å². The van der Waals surface area contributed by atoms with Gasteiger partial charge in [0.25, 0.3) is 0 Å². The summed E-state index contributed by atoms with van der Waals surface area (Å²) in [6.07, 6.45) is -4.43. The summed E-state index contributed by atoms with van der Waals surface area (Å²) < 4.78 is 37.8. The highest BCUT2D eigenvalue weighted by Gasteiger charge is 2.33. The maximum absolute atomic E-state index is 12.6. The SMILES string of the molecule is Cc1c(NC(=O)[C@@H](C)N)cccc1C(F)(F)F.Cl. The molecule has 3 nitrogen and oxygen atoms in total.